The molecule has 0 aliphatic heterocycles. The fourth-order valence-corrected chi connectivity index (χ4v) is 1.75. The van der Waals surface area contributed by atoms with Crippen LogP contribution in [-0.2, 0) is 11.2 Å². The summed E-state index contributed by atoms with van der Waals surface area (Å²) in [4.78, 5) is 24.8. The van der Waals surface area contributed by atoms with Gasteiger partial charge < -0.3 is 10.2 Å². The Balaban J connectivity index is 0.000000180. The first-order valence-electron chi connectivity index (χ1n) is 4.97. The molecule has 2 aromatic rings. The maximum absolute atomic E-state index is 10.2. The molecule has 2 N–H and O–H groups in total. The average Bonchev–Trinajstić information content (AvgIpc) is 2.83. The van der Waals surface area contributed by atoms with Crippen molar-refractivity contribution in [1.82, 2.24) is 4.98 Å². The van der Waals surface area contributed by atoms with Gasteiger partial charge in [0.25, 0.3) is 0 Å². The Morgan fingerprint density at radius 1 is 1.22 bits per heavy atom. The molecule has 0 radical (unpaired) electrons. The van der Waals surface area contributed by atoms with E-state index in [1.54, 1.807) is 6.07 Å². The van der Waals surface area contributed by atoms with Crippen LogP contribution < -0.4 is 0 Å². The zero-order valence-electron chi connectivity index (χ0n) is 9.31. The van der Waals surface area contributed by atoms with Crippen LogP contribution >= 0.6 is 11.3 Å². The minimum absolute atomic E-state index is 0.150. The van der Waals surface area contributed by atoms with Crippen LogP contribution in [0.3, 0.4) is 0 Å². The summed E-state index contributed by atoms with van der Waals surface area (Å²) in [6, 6.07) is 6.75. The molecule has 2 rings (SSSR count). The van der Waals surface area contributed by atoms with Crippen LogP contribution in [0.4, 0.5) is 0 Å². The summed E-state index contributed by atoms with van der Waals surface area (Å²) in [5.74, 6) is -1.71. The van der Waals surface area contributed by atoms with Gasteiger partial charge in [0, 0.05) is 17.3 Å². The largest absolute Gasteiger partial charge is 0.481 e. The summed E-state index contributed by atoms with van der Waals surface area (Å²) in [7, 11) is 0. The number of rotatable bonds is 3. The lowest BCUT2D eigenvalue weighted by Gasteiger charge is -1.87. The molecule has 6 heteroatoms. The van der Waals surface area contributed by atoms with E-state index in [0.717, 1.165) is 4.88 Å². The molecule has 0 aliphatic rings. The zero-order valence-corrected chi connectivity index (χ0v) is 10.1. The monoisotopic (exact) mass is 265 g/mol. The van der Waals surface area contributed by atoms with E-state index >= 15 is 0 Å². The van der Waals surface area contributed by atoms with Gasteiger partial charge in [0.15, 0.2) is 0 Å². The van der Waals surface area contributed by atoms with E-state index in [4.69, 9.17) is 10.2 Å². The highest BCUT2D eigenvalue weighted by atomic mass is 32.1. The molecule has 0 saturated carbocycles. The molecule has 0 fully saturated rings. The zero-order chi connectivity index (χ0) is 13.4. The number of thiophene rings is 1. The molecule has 0 unspecified atom stereocenters. The third-order valence-electron chi connectivity index (χ3n) is 1.81. The smallest absolute Gasteiger partial charge is 0.337 e. The Morgan fingerprint density at radius 2 is 2.00 bits per heavy atom. The number of carboxylic acid groups (broad SMARTS) is 2. The third kappa shape index (κ3) is 5.22. The molecule has 94 valence electrons. The number of carboxylic acids is 2. The third-order valence-corrected chi connectivity index (χ3v) is 2.69. The lowest BCUT2D eigenvalue weighted by molar-refractivity contribution is -0.136. The number of nitrogens with zero attached hydrogens (tertiary/aromatic N) is 1. The number of hydrogen-bond donors (Lipinski definition) is 2. The average molecular weight is 265 g/mol. The second kappa shape index (κ2) is 7.18. The van der Waals surface area contributed by atoms with Crippen molar-refractivity contribution in [2.45, 2.75) is 6.42 Å². The van der Waals surface area contributed by atoms with Gasteiger partial charge in [0.1, 0.15) is 0 Å². The van der Waals surface area contributed by atoms with Crippen molar-refractivity contribution >= 4 is 23.3 Å². The highest BCUT2D eigenvalue weighted by Gasteiger charge is 1.98. The Bertz CT molecular complexity index is 496. The summed E-state index contributed by atoms with van der Waals surface area (Å²) in [5.41, 5.74) is 0.220. The number of pyridine rings is 1. The lowest BCUT2D eigenvalue weighted by atomic mass is 10.3. The predicted octanol–water partition coefficient (Wildman–Crippen LogP) is 2.16. The van der Waals surface area contributed by atoms with Gasteiger partial charge in [-0.3, -0.25) is 9.78 Å². The van der Waals surface area contributed by atoms with E-state index in [1.165, 1.54) is 29.8 Å². The maximum atomic E-state index is 10.2. The first-order chi connectivity index (χ1) is 8.59. The molecule has 2 aromatic heterocycles. The fourth-order valence-electron chi connectivity index (χ4n) is 1.05. The lowest BCUT2D eigenvalue weighted by Crippen LogP contribution is -1.96. The first-order valence-corrected chi connectivity index (χ1v) is 5.85. The van der Waals surface area contributed by atoms with Crippen LogP contribution in [0.5, 0.6) is 0 Å². The molecule has 0 saturated heterocycles. The normalized spacial score (nSPS) is 9.11. The van der Waals surface area contributed by atoms with Gasteiger partial charge in [-0.05, 0) is 23.6 Å². The molecule has 0 aliphatic carbocycles. The van der Waals surface area contributed by atoms with Gasteiger partial charge in [-0.15, -0.1) is 11.3 Å². The van der Waals surface area contributed by atoms with E-state index in [2.05, 4.69) is 4.98 Å². The summed E-state index contributed by atoms with van der Waals surface area (Å²) in [6.45, 7) is 0. The van der Waals surface area contributed by atoms with Gasteiger partial charge in [-0.25, -0.2) is 4.79 Å². The molecule has 0 bridgehead atoms. The number of carbonyl (C=O) groups is 2. The molecule has 0 spiro atoms. The van der Waals surface area contributed by atoms with E-state index in [-0.39, 0.29) is 12.0 Å². The quantitative estimate of drug-likeness (QED) is 0.887. The van der Waals surface area contributed by atoms with Crippen molar-refractivity contribution < 1.29 is 19.8 Å². The van der Waals surface area contributed by atoms with Gasteiger partial charge in [-0.1, -0.05) is 6.07 Å². The number of aromatic carboxylic acids is 1. The van der Waals surface area contributed by atoms with Crippen LogP contribution in [0.2, 0.25) is 0 Å². The van der Waals surface area contributed by atoms with Crippen molar-refractivity contribution in [3.63, 3.8) is 0 Å². The molecular weight excluding hydrogens is 254 g/mol. The van der Waals surface area contributed by atoms with Crippen LogP contribution in [0.25, 0.3) is 0 Å². The fraction of sp³-hybridized carbons (Fsp3) is 0.0833. The highest BCUT2D eigenvalue weighted by Crippen LogP contribution is 2.08. The maximum Gasteiger partial charge on any atom is 0.337 e. The molecular formula is C12H11NO4S. The van der Waals surface area contributed by atoms with Gasteiger partial charge in [0.2, 0.25) is 0 Å². The topological polar surface area (TPSA) is 87.5 Å². The molecule has 0 atom stereocenters. The highest BCUT2D eigenvalue weighted by molar-refractivity contribution is 7.10. The molecule has 0 aromatic carbocycles. The Hall–Kier alpha value is -2.21. The summed E-state index contributed by atoms with van der Waals surface area (Å²) >= 11 is 1.47. The van der Waals surface area contributed by atoms with E-state index in [1.807, 2.05) is 17.5 Å². The molecule has 2 heterocycles. The molecule has 18 heavy (non-hydrogen) atoms. The second-order valence-corrected chi connectivity index (χ2v) is 4.23. The van der Waals surface area contributed by atoms with Crippen molar-refractivity contribution in [2.24, 2.45) is 0 Å². The SMILES string of the molecule is O=C(O)Cc1cccs1.O=C(O)c1cccnc1. The van der Waals surface area contributed by atoms with Crippen molar-refractivity contribution in [3.8, 4) is 0 Å². The van der Waals surface area contributed by atoms with Gasteiger partial charge in [0.05, 0.1) is 12.0 Å². The second-order valence-electron chi connectivity index (χ2n) is 3.20. The van der Waals surface area contributed by atoms with Crippen LogP contribution in [0.15, 0.2) is 42.0 Å². The first kappa shape index (κ1) is 13.9. The van der Waals surface area contributed by atoms with Gasteiger partial charge in [-0.2, -0.15) is 0 Å². The van der Waals surface area contributed by atoms with E-state index in [0.29, 0.717) is 0 Å². The summed E-state index contributed by atoms with van der Waals surface area (Å²) < 4.78 is 0. The van der Waals surface area contributed by atoms with Crippen LogP contribution in [0.1, 0.15) is 15.2 Å². The Morgan fingerprint density at radius 3 is 2.39 bits per heavy atom. The van der Waals surface area contributed by atoms with Crippen molar-refractivity contribution in [3.05, 3.63) is 52.5 Å². The Kier molecular flexibility index (Phi) is 5.53. The Labute approximate surface area is 107 Å². The summed E-state index contributed by atoms with van der Waals surface area (Å²) in [6.07, 6.45) is 2.99. The van der Waals surface area contributed by atoms with Crippen molar-refractivity contribution in [1.29, 1.82) is 0 Å². The van der Waals surface area contributed by atoms with Crippen LogP contribution in [-0.4, -0.2) is 27.1 Å². The predicted molar refractivity (Wildman–Crippen MR) is 66.9 cm³/mol. The minimum atomic E-state index is -0.942. The molecule has 5 nitrogen and oxygen atoms in total. The minimum Gasteiger partial charge on any atom is -0.481 e. The van der Waals surface area contributed by atoms with E-state index < -0.39 is 11.9 Å². The number of aliphatic carboxylic acids is 1. The molecule has 0 amide bonds. The van der Waals surface area contributed by atoms with Crippen molar-refractivity contribution in [2.75, 3.05) is 0 Å². The van der Waals surface area contributed by atoms with Gasteiger partial charge >= 0.3 is 11.9 Å². The van der Waals surface area contributed by atoms with Crippen LogP contribution in [0, 0.1) is 0 Å². The summed E-state index contributed by atoms with van der Waals surface area (Å²) in [5, 5.41) is 18.5. The number of hydrogen-bond acceptors (Lipinski definition) is 4. The number of aromatic nitrogens is 1. The van der Waals surface area contributed by atoms with E-state index in [9.17, 15) is 9.59 Å². The standard InChI is InChI=1S/C6H5NO2.C6H6O2S/c8-6(9)5-2-1-3-7-4-5;7-6(8)4-5-2-1-3-9-5/h1-4H,(H,8,9);1-3H,4H2,(H,7,8).